The maximum Gasteiger partial charge on any atom is 0.235 e. The number of benzene rings is 1. The van der Waals surface area contributed by atoms with E-state index in [0.717, 1.165) is 29.1 Å². The molecule has 2 aliphatic rings. The Morgan fingerprint density at radius 2 is 2.09 bits per heavy atom. The first kappa shape index (κ1) is 13.5. The Bertz CT molecular complexity index is 774. The number of imide groups is 1. The minimum atomic E-state index is -0.317. The van der Waals surface area contributed by atoms with Gasteiger partial charge in [-0.05, 0) is 37.7 Å². The predicted molar refractivity (Wildman–Crippen MR) is 82.3 cm³/mol. The fourth-order valence-electron chi connectivity index (χ4n) is 3.33. The number of aromatic nitrogens is 2. The molecule has 0 radical (unpaired) electrons. The molecule has 1 aliphatic carbocycles. The van der Waals surface area contributed by atoms with E-state index < -0.39 is 0 Å². The van der Waals surface area contributed by atoms with Crippen molar-refractivity contribution in [2.75, 3.05) is 0 Å². The largest absolute Gasteiger partial charge is 0.296 e. The van der Waals surface area contributed by atoms with Crippen LogP contribution in [0.15, 0.2) is 18.2 Å². The normalized spacial score (nSPS) is 22.1. The third-order valence-electron chi connectivity index (χ3n) is 4.70. The molecule has 22 heavy (non-hydrogen) atoms. The molecule has 2 amide bonds. The van der Waals surface area contributed by atoms with Crippen molar-refractivity contribution in [3.8, 4) is 0 Å². The quantitative estimate of drug-likeness (QED) is 0.884. The summed E-state index contributed by atoms with van der Waals surface area (Å²) in [5, 5.41) is 8.27. The van der Waals surface area contributed by atoms with E-state index in [1.54, 1.807) is 0 Å². The van der Waals surface area contributed by atoms with Crippen LogP contribution in [0.25, 0.3) is 10.9 Å². The van der Waals surface area contributed by atoms with Crippen molar-refractivity contribution in [2.45, 2.75) is 45.1 Å². The van der Waals surface area contributed by atoms with E-state index in [2.05, 4.69) is 23.0 Å². The second kappa shape index (κ2) is 4.93. The summed E-state index contributed by atoms with van der Waals surface area (Å²) in [6.07, 6.45) is 3.47. The van der Waals surface area contributed by atoms with Gasteiger partial charge in [0.25, 0.3) is 0 Å². The zero-order valence-electron chi connectivity index (χ0n) is 12.6. The number of rotatable bonds is 3. The molecule has 2 fully saturated rings. The van der Waals surface area contributed by atoms with Crippen molar-refractivity contribution in [3.63, 3.8) is 0 Å². The number of fused-ring (bicyclic) bond motifs is 1. The summed E-state index contributed by atoms with van der Waals surface area (Å²) < 4.78 is 2.07. The first-order valence-corrected chi connectivity index (χ1v) is 7.93. The van der Waals surface area contributed by atoms with Crippen molar-refractivity contribution in [1.29, 1.82) is 0 Å². The maximum absolute atomic E-state index is 12.2. The highest BCUT2D eigenvalue weighted by molar-refractivity contribution is 6.02. The Labute approximate surface area is 128 Å². The Morgan fingerprint density at radius 1 is 1.27 bits per heavy atom. The zero-order chi connectivity index (χ0) is 15.3. The van der Waals surface area contributed by atoms with E-state index in [0.29, 0.717) is 12.8 Å². The van der Waals surface area contributed by atoms with Gasteiger partial charge in [-0.25, -0.2) is 0 Å². The van der Waals surface area contributed by atoms with Crippen molar-refractivity contribution < 1.29 is 9.59 Å². The van der Waals surface area contributed by atoms with E-state index in [1.807, 2.05) is 12.1 Å². The highest BCUT2D eigenvalue weighted by atomic mass is 16.2. The van der Waals surface area contributed by atoms with E-state index in [1.165, 1.54) is 18.4 Å². The van der Waals surface area contributed by atoms with Gasteiger partial charge in [0, 0.05) is 18.4 Å². The number of carbonyl (C=O) groups excluding carboxylic acids is 2. The first-order valence-electron chi connectivity index (χ1n) is 7.93. The van der Waals surface area contributed by atoms with Crippen LogP contribution in [0.5, 0.6) is 0 Å². The molecule has 2 heterocycles. The van der Waals surface area contributed by atoms with Crippen LogP contribution in [0.3, 0.4) is 0 Å². The number of amides is 2. The molecule has 0 spiro atoms. The molecule has 1 aromatic carbocycles. The second-order valence-corrected chi connectivity index (χ2v) is 6.49. The molecular weight excluding hydrogens is 278 g/mol. The van der Waals surface area contributed by atoms with E-state index in [-0.39, 0.29) is 17.7 Å². The highest BCUT2D eigenvalue weighted by Gasteiger charge is 2.32. The molecule has 1 saturated carbocycles. The molecule has 114 valence electrons. The van der Waals surface area contributed by atoms with Crippen molar-refractivity contribution in [3.05, 3.63) is 29.5 Å². The van der Waals surface area contributed by atoms with Gasteiger partial charge in [-0.15, -0.1) is 0 Å². The zero-order valence-corrected chi connectivity index (χ0v) is 12.6. The van der Waals surface area contributed by atoms with Gasteiger partial charge in [0.15, 0.2) is 0 Å². The number of piperidine rings is 1. The molecule has 1 aromatic heterocycles. The Kier molecular flexibility index (Phi) is 3.03. The molecule has 1 unspecified atom stereocenters. The van der Waals surface area contributed by atoms with Crippen molar-refractivity contribution in [1.82, 2.24) is 15.1 Å². The summed E-state index contributed by atoms with van der Waals surface area (Å²) in [5.41, 5.74) is 3.14. The molecule has 1 N–H and O–H groups in total. The lowest BCUT2D eigenvalue weighted by atomic mass is 9.92. The standard InChI is InChI=1S/C17H19N3O2/c1-10-3-2-4-12-15(13-7-8-14(21)18-17(13)22)19-20(16(10)12)9-11-5-6-11/h2-4,11,13H,5-9H2,1H3,(H,18,21,22). The molecule has 5 heteroatoms. The minimum absolute atomic E-state index is 0.181. The van der Waals surface area contributed by atoms with Gasteiger partial charge >= 0.3 is 0 Å². The smallest absolute Gasteiger partial charge is 0.235 e. The van der Waals surface area contributed by atoms with Crippen LogP contribution < -0.4 is 5.32 Å². The summed E-state index contributed by atoms with van der Waals surface area (Å²) >= 11 is 0. The molecule has 5 nitrogen and oxygen atoms in total. The molecule has 1 aliphatic heterocycles. The van der Waals surface area contributed by atoms with Crippen LogP contribution >= 0.6 is 0 Å². The number of hydrogen-bond acceptors (Lipinski definition) is 3. The third-order valence-corrected chi connectivity index (χ3v) is 4.70. The number of hydrogen-bond donors (Lipinski definition) is 1. The van der Waals surface area contributed by atoms with Crippen LogP contribution in [-0.2, 0) is 16.1 Å². The van der Waals surface area contributed by atoms with Gasteiger partial charge in [-0.3, -0.25) is 19.6 Å². The van der Waals surface area contributed by atoms with Gasteiger partial charge in [0.1, 0.15) is 0 Å². The molecule has 4 rings (SSSR count). The molecule has 1 saturated heterocycles. The van der Waals surface area contributed by atoms with Gasteiger partial charge in [0.2, 0.25) is 11.8 Å². The first-order chi connectivity index (χ1) is 10.6. The second-order valence-electron chi connectivity index (χ2n) is 6.49. The number of aryl methyl sites for hydroxylation is 1. The van der Waals surface area contributed by atoms with Crippen molar-refractivity contribution >= 4 is 22.7 Å². The Morgan fingerprint density at radius 3 is 2.82 bits per heavy atom. The summed E-state index contributed by atoms with van der Waals surface area (Å²) in [6, 6.07) is 6.13. The average Bonchev–Trinajstić information content (AvgIpc) is 3.21. The summed E-state index contributed by atoms with van der Waals surface area (Å²) in [5.74, 6) is 0.00893. The van der Waals surface area contributed by atoms with Crippen LogP contribution in [0.2, 0.25) is 0 Å². The van der Waals surface area contributed by atoms with E-state index >= 15 is 0 Å². The van der Waals surface area contributed by atoms with Gasteiger partial charge in [-0.2, -0.15) is 5.10 Å². The van der Waals surface area contributed by atoms with Crippen molar-refractivity contribution in [2.24, 2.45) is 5.92 Å². The maximum atomic E-state index is 12.2. The van der Waals surface area contributed by atoms with Gasteiger partial charge in [-0.1, -0.05) is 18.2 Å². The summed E-state index contributed by atoms with van der Waals surface area (Å²) in [4.78, 5) is 23.6. The van der Waals surface area contributed by atoms with E-state index in [4.69, 9.17) is 5.10 Å². The predicted octanol–water partition coefficient (Wildman–Crippen LogP) is 2.27. The third kappa shape index (κ3) is 2.21. The SMILES string of the molecule is Cc1cccc2c(C3CCC(=O)NC3=O)nn(CC3CC3)c12. The number of nitrogens with zero attached hydrogens (tertiary/aromatic N) is 2. The Hall–Kier alpha value is -2.17. The molecule has 0 bridgehead atoms. The lowest BCUT2D eigenvalue weighted by molar-refractivity contribution is -0.134. The van der Waals surface area contributed by atoms with Gasteiger partial charge in [0.05, 0.1) is 17.1 Å². The lowest BCUT2D eigenvalue weighted by Gasteiger charge is -2.19. The minimum Gasteiger partial charge on any atom is -0.296 e. The topological polar surface area (TPSA) is 64.0 Å². The van der Waals surface area contributed by atoms with Crippen LogP contribution in [0.4, 0.5) is 0 Å². The number of para-hydroxylation sites is 1. The highest BCUT2D eigenvalue weighted by Crippen LogP contribution is 2.35. The van der Waals surface area contributed by atoms with Crippen LogP contribution in [-0.4, -0.2) is 21.6 Å². The average molecular weight is 297 g/mol. The lowest BCUT2D eigenvalue weighted by Crippen LogP contribution is -2.39. The molecule has 2 aromatic rings. The number of nitrogens with one attached hydrogen (secondary N) is 1. The van der Waals surface area contributed by atoms with E-state index in [9.17, 15) is 9.59 Å². The fourth-order valence-corrected chi connectivity index (χ4v) is 3.33. The fraction of sp³-hybridized carbons (Fsp3) is 0.471. The number of carbonyl (C=O) groups is 2. The summed E-state index contributed by atoms with van der Waals surface area (Å²) in [7, 11) is 0. The van der Waals surface area contributed by atoms with Crippen LogP contribution in [0, 0.1) is 12.8 Å². The Balaban J connectivity index is 1.81. The monoisotopic (exact) mass is 297 g/mol. The van der Waals surface area contributed by atoms with Crippen LogP contribution in [0.1, 0.15) is 42.9 Å². The summed E-state index contributed by atoms with van der Waals surface area (Å²) in [6.45, 7) is 3.01. The van der Waals surface area contributed by atoms with Gasteiger partial charge < -0.3 is 0 Å². The molecule has 1 atom stereocenters. The molecular formula is C17H19N3O2.